The summed E-state index contributed by atoms with van der Waals surface area (Å²) >= 11 is 0. The second-order valence-corrected chi connectivity index (χ2v) is 7.43. The number of aromatic nitrogens is 3. The first-order chi connectivity index (χ1) is 11.1. The van der Waals surface area contributed by atoms with E-state index >= 15 is 0 Å². The normalized spacial score (nSPS) is 22.2. The average molecular weight is 314 g/mol. The smallest absolute Gasteiger partial charge is 0.253 e. The number of fused-ring (bicyclic) bond motifs is 3. The van der Waals surface area contributed by atoms with Gasteiger partial charge < -0.3 is 9.88 Å². The molecule has 4 rings (SSSR count). The molecule has 1 N–H and O–H groups in total. The van der Waals surface area contributed by atoms with Crippen LogP contribution >= 0.6 is 0 Å². The monoisotopic (exact) mass is 314 g/mol. The van der Waals surface area contributed by atoms with Gasteiger partial charge >= 0.3 is 0 Å². The summed E-state index contributed by atoms with van der Waals surface area (Å²) in [5.41, 5.74) is 4.50. The van der Waals surface area contributed by atoms with Crippen LogP contribution in [0, 0.1) is 0 Å². The van der Waals surface area contributed by atoms with Gasteiger partial charge in [-0.05, 0) is 58.1 Å². The van der Waals surface area contributed by atoms with E-state index in [4.69, 9.17) is 5.10 Å². The van der Waals surface area contributed by atoms with Gasteiger partial charge in [0.2, 0.25) is 0 Å². The number of nitrogens with one attached hydrogen (secondary N) is 1. The van der Waals surface area contributed by atoms with Gasteiger partial charge in [0.1, 0.15) is 5.65 Å². The number of hydrogen-bond acceptors (Lipinski definition) is 3. The van der Waals surface area contributed by atoms with Crippen LogP contribution in [-0.2, 0) is 19.9 Å². The van der Waals surface area contributed by atoms with Crippen molar-refractivity contribution in [1.82, 2.24) is 19.7 Å². The number of H-pyrrole nitrogens is 1. The molecule has 5 nitrogen and oxygen atoms in total. The Bertz CT molecular complexity index is 801. The van der Waals surface area contributed by atoms with Crippen LogP contribution in [0.3, 0.4) is 0 Å². The van der Waals surface area contributed by atoms with E-state index in [9.17, 15) is 4.79 Å². The fraction of sp³-hybridized carbons (Fsp3) is 0.667. The second kappa shape index (κ2) is 5.48. The van der Waals surface area contributed by atoms with Crippen molar-refractivity contribution in [2.24, 2.45) is 7.05 Å². The molecule has 0 spiro atoms. The number of likely N-dealkylation sites (tertiary alicyclic amines) is 1. The molecule has 5 heteroatoms. The largest absolute Gasteiger partial charge is 0.307 e. The Labute approximate surface area is 136 Å². The van der Waals surface area contributed by atoms with E-state index in [1.165, 1.54) is 23.1 Å². The summed E-state index contributed by atoms with van der Waals surface area (Å²) in [6.45, 7) is 6.75. The van der Waals surface area contributed by atoms with Gasteiger partial charge in [-0.3, -0.25) is 9.48 Å². The van der Waals surface area contributed by atoms with Crippen molar-refractivity contribution >= 4 is 11.0 Å². The summed E-state index contributed by atoms with van der Waals surface area (Å²) < 4.78 is 1.87. The van der Waals surface area contributed by atoms with Crippen LogP contribution < -0.4 is 5.56 Å². The van der Waals surface area contributed by atoms with Crippen molar-refractivity contribution in [3.63, 3.8) is 0 Å². The molecule has 2 aliphatic rings. The van der Waals surface area contributed by atoms with Crippen LogP contribution in [0.25, 0.3) is 11.0 Å². The summed E-state index contributed by atoms with van der Waals surface area (Å²) in [6.07, 6.45) is 5.41. The summed E-state index contributed by atoms with van der Waals surface area (Å²) in [5.74, 6) is 0.484. The lowest BCUT2D eigenvalue weighted by molar-refractivity contribution is 0.272. The maximum Gasteiger partial charge on any atom is 0.253 e. The molecule has 0 aromatic carbocycles. The highest BCUT2D eigenvalue weighted by Crippen LogP contribution is 2.35. The topological polar surface area (TPSA) is 53.9 Å². The number of hydrogen-bond donors (Lipinski definition) is 1. The van der Waals surface area contributed by atoms with Gasteiger partial charge in [0, 0.05) is 36.5 Å². The molecular weight excluding hydrogens is 288 g/mol. The summed E-state index contributed by atoms with van der Waals surface area (Å²) in [7, 11) is 1.95. The number of aromatic amines is 1. The second-order valence-electron chi connectivity index (χ2n) is 7.43. The zero-order valence-electron chi connectivity index (χ0n) is 14.4. The minimum atomic E-state index is 0.0944. The third kappa shape index (κ3) is 2.33. The number of aryl methyl sites for hydroxylation is 2. The molecule has 1 atom stereocenters. The fourth-order valence-electron chi connectivity index (χ4n) is 4.37. The average Bonchev–Trinajstić information content (AvgIpc) is 3.13. The van der Waals surface area contributed by atoms with Crippen molar-refractivity contribution in [2.75, 3.05) is 13.1 Å². The predicted octanol–water partition coefficient (Wildman–Crippen LogP) is 2.34. The third-order valence-electron chi connectivity index (χ3n) is 5.69. The molecule has 0 bridgehead atoms. The van der Waals surface area contributed by atoms with Gasteiger partial charge in [-0.2, -0.15) is 5.10 Å². The van der Waals surface area contributed by atoms with Crippen molar-refractivity contribution in [3.05, 3.63) is 27.2 Å². The van der Waals surface area contributed by atoms with Crippen molar-refractivity contribution < 1.29 is 0 Å². The first-order valence-electron chi connectivity index (χ1n) is 8.91. The molecule has 2 aromatic heterocycles. The first kappa shape index (κ1) is 14.9. The zero-order valence-corrected chi connectivity index (χ0v) is 14.4. The van der Waals surface area contributed by atoms with Gasteiger partial charge in [0.25, 0.3) is 5.56 Å². The highest BCUT2D eigenvalue weighted by Gasteiger charge is 2.31. The van der Waals surface area contributed by atoms with Gasteiger partial charge in [-0.25, -0.2) is 0 Å². The molecule has 1 aliphatic heterocycles. The molecular formula is C18H26N4O. The molecule has 2 aromatic rings. The van der Waals surface area contributed by atoms with E-state index in [0.29, 0.717) is 12.0 Å². The molecule has 1 aliphatic carbocycles. The van der Waals surface area contributed by atoms with E-state index in [0.717, 1.165) is 50.0 Å². The predicted molar refractivity (Wildman–Crippen MR) is 92.0 cm³/mol. The highest BCUT2D eigenvalue weighted by atomic mass is 16.1. The molecule has 0 radical (unpaired) electrons. The quantitative estimate of drug-likeness (QED) is 0.925. The number of rotatable bonds is 2. The summed E-state index contributed by atoms with van der Waals surface area (Å²) in [5, 5.41) is 6.08. The maximum absolute atomic E-state index is 12.4. The first-order valence-corrected chi connectivity index (χ1v) is 8.91. The Balaban J connectivity index is 1.86. The van der Waals surface area contributed by atoms with Crippen LogP contribution in [0.4, 0.5) is 0 Å². The lowest BCUT2D eigenvalue weighted by Gasteiger charge is -2.20. The summed E-state index contributed by atoms with van der Waals surface area (Å²) in [6, 6.07) is 0.587. The molecule has 1 fully saturated rings. The molecule has 124 valence electrons. The molecule has 1 unspecified atom stereocenters. The number of nitrogens with zero attached hydrogens (tertiary/aromatic N) is 3. The molecule has 0 saturated carbocycles. The molecule has 3 heterocycles. The van der Waals surface area contributed by atoms with Crippen LogP contribution in [0.2, 0.25) is 0 Å². The molecule has 0 amide bonds. The van der Waals surface area contributed by atoms with Gasteiger partial charge in [-0.15, -0.1) is 0 Å². The van der Waals surface area contributed by atoms with E-state index in [2.05, 4.69) is 23.7 Å². The van der Waals surface area contributed by atoms with E-state index in [1.54, 1.807) is 0 Å². The van der Waals surface area contributed by atoms with Gasteiger partial charge in [0.05, 0.1) is 5.69 Å². The summed E-state index contributed by atoms with van der Waals surface area (Å²) in [4.78, 5) is 18.0. The van der Waals surface area contributed by atoms with Gasteiger partial charge in [0.15, 0.2) is 0 Å². The Morgan fingerprint density at radius 1 is 1.22 bits per heavy atom. The SMILES string of the molecule is CC(C)N1CCC(c2nn(C)c3[nH]c(=O)c4c(c23)CCCC4)C1. The number of pyridine rings is 1. The lowest BCUT2D eigenvalue weighted by Crippen LogP contribution is -2.28. The van der Waals surface area contributed by atoms with E-state index in [-0.39, 0.29) is 5.56 Å². The zero-order chi connectivity index (χ0) is 16.1. The van der Waals surface area contributed by atoms with E-state index in [1.807, 2.05) is 11.7 Å². The lowest BCUT2D eigenvalue weighted by atomic mass is 9.88. The third-order valence-corrected chi connectivity index (χ3v) is 5.69. The highest BCUT2D eigenvalue weighted by molar-refractivity contribution is 5.84. The standard InChI is InChI=1S/C18H26N4O/c1-11(2)22-9-8-12(10-22)16-15-13-6-4-5-7-14(13)18(23)19-17(15)21(3)20-16/h11-12H,4-10H2,1-3H3,(H,19,23). The van der Waals surface area contributed by atoms with Crippen molar-refractivity contribution in [1.29, 1.82) is 0 Å². The Kier molecular flexibility index (Phi) is 3.56. The maximum atomic E-state index is 12.4. The van der Waals surface area contributed by atoms with Gasteiger partial charge in [-0.1, -0.05) is 0 Å². The van der Waals surface area contributed by atoms with Crippen LogP contribution in [0.5, 0.6) is 0 Å². The Morgan fingerprint density at radius 3 is 2.65 bits per heavy atom. The van der Waals surface area contributed by atoms with Crippen LogP contribution in [0.15, 0.2) is 4.79 Å². The van der Waals surface area contributed by atoms with Crippen molar-refractivity contribution in [3.8, 4) is 0 Å². The van der Waals surface area contributed by atoms with E-state index < -0.39 is 0 Å². The Morgan fingerprint density at radius 2 is 1.96 bits per heavy atom. The molecule has 1 saturated heterocycles. The molecule has 23 heavy (non-hydrogen) atoms. The minimum absolute atomic E-state index is 0.0944. The fourth-order valence-corrected chi connectivity index (χ4v) is 4.37. The Hall–Kier alpha value is -1.62. The van der Waals surface area contributed by atoms with Crippen LogP contribution in [-0.4, -0.2) is 38.8 Å². The van der Waals surface area contributed by atoms with Crippen molar-refractivity contribution in [2.45, 2.75) is 57.9 Å². The van der Waals surface area contributed by atoms with Crippen LogP contribution in [0.1, 0.15) is 55.8 Å². The minimum Gasteiger partial charge on any atom is -0.307 e.